The second-order valence-corrected chi connectivity index (χ2v) is 5.80. The SMILES string of the molecule is CC(C)(C)OC(=O)C(NNC(=S)Nc1ccccc1)C(=O)O. The third-order valence-electron chi connectivity index (χ3n) is 2.25. The zero-order chi connectivity index (χ0) is 16.8. The summed E-state index contributed by atoms with van der Waals surface area (Å²) in [6.45, 7) is 4.95. The van der Waals surface area contributed by atoms with Gasteiger partial charge in [-0.15, -0.1) is 0 Å². The number of carbonyl (C=O) groups is 2. The fourth-order valence-electron chi connectivity index (χ4n) is 1.40. The van der Waals surface area contributed by atoms with Crippen LogP contribution < -0.4 is 16.2 Å². The van der Waals surface area contributed by atoms with Crippen LogP contribution in [0.1, 0.15) is 20.8 Å². The van der Waals surface area contributed by atoms with Crippen LogP contribution in [-0.4, -0.2) is 33.8 Å². The number of hydrogen-bond acceptors (Lipinski definition) is 5. The van der Waals surface area contributed by atoms with E-state index in [0.29, 0.717) is 0 Å². The molecule has 1 aromatic rings. The summed E-state index contributed by atoms with van der Waals surface area (Å²) in [5, 5.41) is 12.0. The highest BCUT2D eigenvalue weighted by atomic mass is 32.1. The quantitative estimate of drug-likeness (QED) is 0.278. The molecule has 1 aromatic carbocycles. The molecule has 1 rings (SSSR count). The summed E-state index contributed by atoms with van der Waals surface area (Å²) in [6, 6.07) is 7.49. The number of esters is 1. The first kappa shape index (κ1) is 17.9. The summed E-state index contributed by atoms with van der Waals surface area (Å²) in [7, 11) is 0. The number of carbonyl (C=O) groups excluding carboxylic acids is 1. The Labute approximate surface area is 134 Å². The zero-order valence-electron chi connectivity index (χ0n) is 12.5. The molecule has 7 nitrogen and oxygen atoms in total. The van der Waals surface area contributed by atoms with Crippen LogP contribution in [0.25, 0.3) is 0 Å². The molecule has 0 aromatic heterocycles. The number of hydrazine groups is 1. The van der Waals surface area contributed by atoms with E-state index in [9.17, 15) is 9.59 Å². The molecule has 0 aliphatic heterocycles. The molecule has 8 heteroatoms. The molecule has 0 aliphatic rings. The van der Waals surface area contributed by atoms with Crippen molar-refractivity contribution in [1.29, 1.82) is 0 Å². The molecular weight excluding hydrogens is 306 g/mol. The van der Waals surface area contributed by atoms with Crippen LogP contribution in [0.4, 0.5) is 5.69 Å². The number of carboxylic acid groups (broad SMARTS) is 1. The Kier molecular flexibility index (Phi) is 6.26. The summed E-state index contributed by atoms with van der Waals surface area (Å²) < 4.78 is 5.03. The summed E-state index contributed by atoms with van der Waals surface area (Å²) >= 11 is 5.01. The minimum absolute atomic E-state index is 0.126. The maximum Gasteiger partial charge on any atom is 0.337 e. The Bertz CT molecular complexity index is 543. The monoisotopic (exact) mass is 325 g/mol. The molecule has 0 saturated heterocycles. The van der Waals surface area contributed by atoms with Gasteiger partial charge in [0, 0.05) is 5.69 Å². The van der Waals surface area contributed by atoms with Crippen molar-refractivity contribution in [2.75, 3.05) is 5.32 Å². The second-order valence-electron chi connectivity index (χ2n) is 5.39. The van der Waals surface area contributed by atoms with Crippen LogP contribution in [0.15, 0.2) is 30.3 Å². The first-order valence-electron chi connectivity index (χ1n) is 6.52. The van der Waals surface area contributed by atoms with Crippen LogP contribution in [0.3, 0.4) is 0 Å². The standard InChI is InChI=1S/C14H19N3O4S/c1-14(2,3)21-12(20)10(11(18)19)16-17-13(22)15-9-7-5-4-6-8-9/h4-8,10,16H,1-3H3,(H,18,19)(H2,15,17,22). The Balaban J connectivity index is 2.56. The normalized spacial score (nSPS) is 12.1. The van der Waals surface area contributed by atoms with Crippen LogP contribution in [0.5, 0.6) is 0 Å². The molecular formula is C14H19N3O4S. The van der Waals surface area contributed by atoms with Crippen LogP contribution in [0.2, 0.25) is 0 Å². The number of rotatable bonds is 5. The number of hydrogen-bond donors (Lipinski definition) is 4. The molecule has 0 fully saturated rings. The van der Waals surface area contributed by atoms with Gasteiger partial charge in [0.1, 0.15) is 5.60 Å². The lowest BCUT2D eigenvalue weighted by atomic mass is 10.2. The lowest BCUT2D eigenvalue weighted by Crippen LogP contribution is -2.54. The second kappa shape index (κ2) is 7.71. The average molecular weight is 325 g/mol. The van der Waals surface area contributed by atoms with Crippen molar-refractivity contribution < 1.29 is 19.4 Å². The van der Waals surface area contributed by atoms with Gasteiger partial charge in [0.2, 0.25) is 6.04 Å². The smallest absolute Gasteiger partial charge is 0.337 e. The number of benzene rings is 1. The molecule has 4 N–H and O–H groups in total. The Hall–Kier alpha value is -2.19. The fourth-order valence-corrected chi connectivity index (χ4v) is 1.58. The predicted octanol–water partition coefficient (Wildman–Crippen LogP) is 1.27. The van der Waals surface area contributed by atoms with Crippen molar-refractivity contribution in [3.05, 3.63) is 30.3 Å². The molecule has 0 saturated carbocycles. The van der Waals surface area contributed by atoms with Gasteiger partial charge in [-0.05, 0) is 45.1 Å². The van der Waals surface area contributed by atoms with E-state index < -0.39 is 23.6 Å². The number of aliphatic carboxylic acids is 1. The highest BCUT2D eigenvalue weighted by Crippen LogP contribution is 2.08. The number of thiocarbonyl (C=S) groups is 1. The number of nitrogens with one attached hydrogen (secondary N) is 3. The number of carboxylic acids is 1. The molecule has 0 aliphatic carbocycles. The summed E-state index contributed by atoms with van der Waals surface area (Å²) in [5.41, 5.74) is 4.75. The lowest BCUT2D eigenvalue weighted by molar-refractivity contribution is -0.163. The summed E-state index contributed by atoms with van der Waals surface area (Å²) in [5.74, 6) is -2.28. The Morgan fingerprint density at radius 3 is 2.32 bits per heavy atom. The molecule has 0 spiro atoms. The predicted molar refractivity (Wildman–Crippen MR) is 86.2 cm³/mol. The third kappa shape index (κ3) is 6.51. The summed E-state index contributed by atoms with van der Waals surface area (Å²) in [6.07, 6.45) is 0. The van der Waals surface area contributed by atoms with E-state index in [4.69, 9.17) is 22.1 Å². The van der Waals surface area contributed by atoms with E-state index in [1.165, 1.54) is 0 Å². The molecule has 22 heavy (non-hydrogen) atoms. The van der Waals surface area contributed by atoms with Gasteiger partial charge in [-0.1, -0.05) is 18.2 Å². The maximum absolute atomic E-state index is 11.8. The molecule has 1 atom stereocenters. The zero-order valence-corrected chi connectivity index (χ0v) is 13.4. The Morgan fingerprint density at radius 2 is 1.82 bits per heavy atom. The van der Waals surface area contributed by atoms with Crippen molar-refractivity contribution in [2.45, 2.75) is 32.4 Å². The van der Waals surface area contributed by atoms with Gasteiger partial charge >= 0.3 is 11.9 Å². The molecule has 0 heterocycles. The number of ether oxygens (including phenoxy) is 1. The molecule has 0 amide bonds. The van der Waals surface area contributed by atoms with Gasteiger partial charge < -0.3 is 15.2 Å². The van der Waals surface area contributed by atoms with Gasteiger partial charge in [-0.2, -0.15) is 0 Å². The van der Waals surface area contributed by atoms with Crippen molar-refractivity contribution in [2.24, 2.45) is 0 Å². The lowest BCUT2D eigenvalue weighted by Gasteiger charge is -2.23. The third-order valence-corrected chi connectivity index (χ3v) is 2.46. The highest BCUT2D eigenvalue weighted by molar-refractivity contribution is 7.80. The average Bonchev–Trinajstić information content (AvgIpc) is 2.37. The maximum atomic E-state index is 11.8. The van der Waals surface area contributed by atoms with Gasteiger partial charge in [-0.25, -0.2) is 15.0 Å². The van der Waals surface area contributed by atoms with Crippen molar-refractivity contribution in [3.63, 3.8) is 0 Å². The Morgan fingerprint density at radius 1 is 1.23 bits per heavy atom. The molecule has 120 valence electrons. The fraction of sp³-hybridized carbons (Fsp3) is 0.357. The number of para-hydroxylation sites is 1. The van der Waals surface area contributed by atoms with Crippen LogP contribution in [0, 0.1) is 0 Å². The first-order valence-corrected chi connectivity index (χ1v) is 6.93. The van der Waals surface area contributed by atoms with Crippen molar-refractivity contribution in [1.82, 2.24) is 10.9 Å². The van der Waals surface area contributed by atoms with E-state index in [1.807, 2.05) is 18.2 Å². The van der Waals surface area contributed by atoms with Gasteiger partial charge in [0.05, 0.1) is 0 Å². The summed E-state index contributed by atoms with van der Waals surface area (Å²) in [4.78, 5) is 22.9. The molecule has 0 radical (unpaired) electrons. The number of anilines is 1. The van der Waals surface area contributed by atoms with Gasteiger partial charge in [0.15, 0.2) is 5.11 Å². The van der Waals surface area contributed by atoms with E-state index >= 15 is 0 Å². The van der Waals surface area contributed by atoms with Crippen LogP contribution in [-0.2, 0) is 14.3 Å². The minimum atomic E-state index is -1.57. The van der Waals surface area contributed by atoms with Crippen molar-refractivity contribution in [3.8, 4) is 0 Å². The first-order chi connectivity index (χ1) is 10.2. The molecule has 0 bridgehead atoms. The van der Waals surface area contributed by atoms with Crippen LogP contribution >= 0.6 is 12.2 Å². The van der Waals surface area contributed by atoms with E-state index in [2.05, 4.69) is 16.2 Å². The van der Waals surface area contributed by atoms with Crippen molar-refractivity contribution >= 4 is 35.0 Å². The largest absolute Gasteiger partial charge is 0.480 e. The van der Waals surface area contributed by atoms with E-state index in [1.54, 1.807) is 32.9 Å². The topological polar surface area (TPSA) is 99.7 Å². The van der Waals surface area contributed by atoms with E-state index in [-0.39, 0.29) is 5.11 Å². The van der Waals surface area contributed by atoms with E-state index in [0.717, 1.165) is 5.69 Å². The highest BCUT2D eigenvalue weighted by Gasteiger charge is 2.31. The minimum Gasteiger partial charge on any atom is -0.480 e. The van der Waals surface area contributed by atoms with Gasteiger partial charge in [0.25, 0.3) is 0 Å². The van der Waals surface area contributed by atoms with Gasteiger partial charge in [-0.3, -0.25) is 5.43 Å². The molecule has 1 unspecified atom stereocenters.